The largest absolute Gasteiger partial charge is 0.310 e. The molecular weight excluding hydrogens is 353 g/mol. The smallest absolute Gasteiger partial charge is 0.193 e. The lowest BCUT2D eigenvalue weighted by atomic mass is 10.0. The standard InChI is InChI=1S/C15H15BrFN3S/c1-2-18-14(10-3-4-13(17)12(16)7-10)8-11-9-20-5-6-21-15(20)19-11/h3-7,9,14,18H,2,8H2,1H3. The topological polar surface area (TPSA) is 29.3 Å². The fraction of sp³-hybridized carbons (Fsp3) is 0.267. The van der Waals surface area contributed by atoms with Crippen molar-refractivity contribution < 1.29 is 4.39 Å². The molecule has 3 nitrogen and oxygen atoms in total. The van der Waals surface area contributed by atoms with Gasteiger partial charge in [-0.25, -0.2) is 9.37 Å². The second kappa shape index (κ2) is 6.25. The molecule has 0 amide bonds. The summed E-state index contributed by atoms with van der Waals surface area (Å²) in [4.78, 5) is 5.62. The van der Waals surface area contributed by atoms with Gasteiger partial charge in [-0.05, 0) is 40.2 Å². The molecule has 2 aromatic heterocycles. The number of rotatable bonds is 5. The number of benzene rings is 1. The Kier molecular flexibility index (Phi) is 4.37. The maximum atomic E-state index is 13.4. The molecule has 0 radical (unpaired) electrons. The van der Waals surface area contributed by atoms with Gasteiger partial charge in [0.15, 0.2) is 4.96 Å². The molecule has 3 aromatic rings. The Balaban J connectivity index is 1.86. The number of hydrogen-bond donors (Lipinski definition) is 1. The third kappa shape index (κ3) is 3.17. The van der Waals surface area contributed by atoms with Gasteiger partial charge >= 0.3 is 0 Å². The molecule has 110 valence electrons. The Morgan fingerprint density at radius 1 is 1.48 bits per heavy atom. The van der Waals surface area contributed by atoms with Crippen LogP contribution >= 0.6 is 27.3 Å². The van der Waals surface area contributed by atoms with Crippen molar-refractivity contribution in [3.8, 4) is 0 Å². The highest BCUT2D eigenvalue weighted by atomic mass is 79.9. The van der Waals surface area contributed by atoms with Crippen LogP contribution in [0.4, 0.5) is 4.39 Å². The lowest BCUT2D eigenvalue weighted by molar-refractivity contribution is 0.542. The molecule has 0 saturated heterocycles. The highest BCUT2D eigenvalue weighted by molar-refractivity contribution is 9.10. The summed E-state index contributed by atoms with van der Waals surface area (Å²) < 4.78 is 15.9. The molecule has 1 N–H and O–H groups in total. The molecule has 1 atom stereocenters. The summed E-state index contributed by atoms with van der Waals surface area (Å²) in [7, 11) is 0. The third-order valence-electron chi connectivity index (χ3n) is 3.35. The molecule has 0 aliphatic heterocycles. The molecule has 3 rings (SSSR count). The SMILES string of the molecule is CCNC(Cc1cn2ccsc2n1)c1ccc(F)c(Br)c1. The van der Waals surface area contributed by atoms with Crippen molar-refractivity contribution in [1.29, 1.82) is 0 Å². The number of nitrogens with one attached hydrogen (secondary N) is 1. The minimum Gasteiger partial charge on any atom is -0.310 e. The normalized spacial score (nSPS) is 12.9. The highest BCUT2D eigenvalue weighted by Crippen LogP contribution is 2.24. The molecule has 2 heterocycles. The van der Waals surface area contributed by atoms with Gasteiger partial charge in [-0.3, -0.25) is 4.40 Å². The van der Waals surface area contributed by atoms with Crippen LogP contribution in [0.15, 0.2) is 40.4 Å². The van der Waals surface area contributed by atoms with E-state index >= 15 is 0 Å². The number of hydrogen-bond acceptors (Lipinski definition) is 3. The first-order chi connectivity index (χ1) is 10.2. The number of thiazole rings is 1. The molecule has 0 aliphatic carbocycles. The first-order valence-electron chi connectivity index (χ1n) is 6.76. The molecule has 21 heavy (non-hydrogen) atoms. The Morgan fingerprint density at radius 3 is 3.05 bits per heavy atom. The van der Waals surface area contributed by atoms with Gasteiger partial charge in [0, 0.05) is 30.2 Å². The summed E-state index contributed by atoms with van der Waals surface area (Å²) in [5, 5.41) is 5.46. The highest BCUT2D eigenvalue weighted by Gasteiger charge is 2.15. The maximum absolute atomic E-state index is 13.4. The van der Waals surface area contributed by atoms with Crippen LogP contribution in [0.25, 0.3) is 4.96 Å². The van der Waals surface area contributed by atoms with Crippen LogP contribution in [0, 0.1) is 5.82 Å². The number of imidazole rings is 1. The second-order valence-corrected chi connectivity index (χ2v) is 6.54. The van der Waals surface area contributed by atoms with E-state index in [1.807, 2.05) is 28.1 Å². The van der Waals surface area contributed by atoms with E-state index in [4.69, 9.17) is 0 Å². The van der Waals surface area contributed by atoms with Gasteiger partial charge in [0.05, 0.1) is 10.2 Å². The molecule has 0 spiro atoms. The molecule has 0 saturated carbocycles. The van der Waals surface area contributed by atoms with Crippen molar-refractivity contribution in [3.63, 3.8) is 0 Å². The number of nitrogens with zero attached hydrogens (tertiary/aromatic N) is 2. The lowest BCUT2D eigenvalue weighted by Gasteiger charge is -2.17. The average molecular weight is 368 g/mol. The van der Waals surface area contributed by atoms with Crippen LogP contribution in [-0.2, 0) is 6.42 Å². The summed E-state index contributed by atoms with van der Waals surface area (Å²) in [6, 6.07) is 5.28. The van der Waals surface area contributed by atoms with Crippen LogP contribution in [0.2, 0.25) is 0 Å². The van der Waals surface area contributed by atoms with Gasteiger partial charge in [0.2, 0.25) is 0 Å². The number of likely N-dealkylation sites (N-methyl/N-ethyl adjacent to an activating group) is 1. The van der Waals surface area contributed by atoms with Crippen molar-refractivity contribution in [3.05, 3.63) is 57.5 Å². The zero-order chi connectivity index (χ0) is 14.8. The van der Waals surface area contributed by atoms with Crippen LogP contribution in [0.1, 0.15) is 24.2 Å². The summed E-state index contributed by atoms with van der Waals surface area (Å²) in [6.07, 6.45) is 4.84. The monoisotopic (exact) mass is 367 g/mol. The van der Waals surface area contributed by atoms with Gasteiger partial charge in [0.25, 0.3) is 0 Å². The van der Waals surface area contributed by atoms with E-state index in [0.29, 0.717) is 4.47 Å². The van der Waals surface area contributed by atoms with Gasteiger partial charge in [-0.2, -0.15) is 0 Å². The van der Waals surface area contributed by atoms with Gasteiger partial charge in [-0.1, -0.05) is 13.0 Å². The van der Waals surface area contributed by atoms with Gasteiger partial charge in [0.1, 0.15) is 5.82 Å². The second-order valence-electron chi connectivity index (χ2n) is 4.81. The number of halogens is 2. The fourth-order valence-electron chi connectivity index (χ4n) is 2.37. The molecule has 0 aliphatic rings. The van der Waals surface area contributed by atoms with Crippen molar-refractivity contribution >= 4 is 32.2 Å². The first kappa shape index (κ1) is 14.7. The Labute approximate surface area is 135 Å². The van der Waals surface area contributed by atoms with Crippen molar-refractivity contribution in [2.75, 3.05) is 6.54 Å². The van der Waals surface area contributed by atoms with Crippen LogP contribution in [0.3, 0.4) is 0 Å². The maximum Gasteiger partial charge on any atom is 0.193 e. The molecule has 1 unspecified atom stereocenters. The van der Waals surface area contributed by atoms with Gasteiger partial charge in [-0.15, -0.1) is 11.3 Å². The lowest BCUT2D eigenvalue weighted by Crippen LogP contribution is -2.23. The third-order valence-corrected chi connectivity index (χ3v) is 4.73. The van der Waals surface area contributed by atoms with E-state index in [9.17, 15) is 4.39 Å². The Hall–Kier alpha value is -1.24. The average Bonchev–Trinajstić information content (AvgIpc) is 3.02. The van der Waals surface area contributed by atoms with Gasteiger partial charge < -0.3 is 5.32 Å². The van der Waals surface area contributed by atoms with Crippen LogP contribution in [0.5, 0.6) is 0 Å². The summed E-state index contributed by atoms with van der Waals surface area (Å²) in [5.74, 6) is -0.239. The molecule has 1 aromatic carbocycles. The van der Waals surface area contributed by atoms with Crippen LogP contribution in [-0.4, -0.2) is 15.9 Å². The van der Waals surface area contributed by atoms with E-state index in [0.717, 1.165) is 29.2 Å². The van der Waals surface area contributed by atoms with E-state index in [2.05, 4.69) is 39.4 Å². The van der Waals surface area contributed by atoms with E-state index in [1.165, 1.54) is 6.07 Å². The summed E-state index contributed by atoms with van der Waals surface area (Å²) >= 11 is 4.88. The predicted octanol–water partition coefficient (Wildman–Crippen LogP) is 4.19. The zero-order valence-corrected chi connectivity index (χ0v) is 13.9. The van der Waals surface area contributed by atoms with Crippen LogP contribution < -0.4 is 5.32 Å². The Morgan fingerprint density at radius 2 is 2.33 bits per heavy atom. The first-order valence-corrected chi connectivity index (χ1v) is 8.44. The van der Waals surface area contributed by atoms with Crippen molar-refractivity contribution in [1.82, 2.24) is 14.7 Å². The zero-order valence-electron chi connectivity index (χ0n) is 11.5. The number of fused-ring (bicyclic) bond motifs is 1. The quantitative estimate of drug-likeness (QED) is 0.732. The minimum atomic E-state index is -0.239. The summed E-state index contributed by atoms with van der Waals surface area (Å²) in [5.41, 5.74) is 2.09. The predicted molar refractivity (Wildman–Crippen MR) is 87.3 cm³/mol. The minimum absolute atomic E-state index is 0.122. The van der Waals surface area contributed by atoms with E-state index in [1.54, 1.807) is 11.3 Å². The summed E-state index contributed by atoms with van der Waals surface area (Å²) in [6.45, 7) is 2.92. The Bertz CT molecular complexity index is 724. The fourth-order valence-corrected chi connectivity index (χ4v) is 3.48. The van der Waals surface area contributed by atoms with Crippen molar-refractivity contribution in [2.24, 2.45) is 0 Å². The van der Waals surface area contributed by atoms with E-state index in [-0.39, 0.29) is 11.9 Å². The molecule has 0 fully saturated rings. The van der Waals surface area contributed by atoms with Crippen molar-refractivity contribution in [2.45, 2.75) is 19.4 Å². The number of aromatic nitrogens is 2. The molecular formula is C15H15BrFN3S. The molecule has 6 heteroatoms. The molecule has 0 bridgehead atoms. The van der Waals surface area contributed by atoms with E-state index < -0.39 is 0 Å².